The molecular formula is C11H19N5O2. The van der Waals surface area contributed by atoms with Crippen LogP contribution in [0, 0.1) is 0 Å². The van der Waals surface area contributed by atoms with Crippen molar-refractivity contribution in [2.24, 2.45) is 5.73 Å². The molecule has 2 heterocycles. The van der Waals surface area contributed by atoms with E-state index in [2.05, 4.69) is 10.3 Å². The molecule has 0 aromatic carbocycles. The number of nitrogens with two attached hydrogens (primary N) is 1. The zero-order valence-corrected chi connectivity index (χ0v) is 10.7. The van der Waals surface area contributed by atoms with Crippen molar-refractivity contribution in [3.8, 4) is 0 Å². The van der Waals surface area contributed by atoms with Gasteiger partial charge in [-0.15, -0.1) is 5.10 Å². The zero-order chi connectivity index (χ0) is 13.1. The highest BCUT2D eigenvalue weighted by Crippen LogP contribution is 2.07. The lowest BCUT2D eigenvalue weighted by Crippen LogP contribution is -2.45. The van der Waals surface area contributed by atoms with Crippen LogP contribution in [-0.4, -0.2) is 51.6 Å². The fraction of sp³-hybridized carbons (Fsp3) is 0.727. The van der Waals surface area contributed by atoms with Crippen LogP contribution in [0.3, 0.4) is 0 Å². The molecule has 0 saturated carbocycles. The Labute approximate surface area is 106 Å². The van der Waals surface area contributed by atoms with Gasteiger partial charge in [-0.2, -0.15) is 0 Å². The second kappa shape index (κ2) is 5.45. The Bertz CT molecular complexity index is 417. The van der Waals surface area contributed by atoms with E-state index in [1.54, 1.807) is 11.1 Å². The van der Waals surface area contributed by atoms with E-state index in [9.17, 15) is 4.79 Å². The maximum atomic E-state index is 12.0. The SMILES string of the molecule is CC1CN(C(=O)Cn2cc(C(C)N)nn2)CCO1. The lowest BCUT2D eigenvalue weighted by molar-refractivity contribution is -0.139. The third-order valence-electron chi connectivity index (χ3n) is 2.91. The number of rotatable bonds is 3. The monoisotopic (exact) mass is 253 g/mol. The molecule has 1 fully saturated rings. The summed E-state index contributed by atoms with van der Waals surface area (Å²) in [7, 11) is 0. The van der Waals surface area contributed by atoms with E-state index in [-0.39, 0.29) is 24.6 Å². The van der Waals surface area contributed by atoms with Crippen molar-refractivity contribution in [3.05, 3.63) is 11.9 Å². The second-order valence-corrected chi connectivity index (χ2v) is 4.65. The maximum Gasteiger partial charge on any atom is 0.244 e. The van der Waals surface area contributed by atoms with Gasteiger partial charge in [0.2, 0.25) is 5.91 Å². The first-order valence-corrected chi connectivity index (χ1v) is 6.11. The summed E-state index contributed by atoms with van der Waals surface area (Å²) in [5.74, 6) is 0.0336. The first-order chi connectivity index (χ1) is 8.56. The van der Waals surface area contributed by atoms with Crippen molar-refractivity contribution in [1.29, 1.82) is 0 Å². The second-order valence-electron chi connectivity index (χ2n) is 4.65. The van der Waals surface area contributed by atoms with Crippen LogP contribution in [0.2, 0.25) is 0 Å². The minimum Gasteiger partial charge on any atom is -0.375 e. The Morgan fingerprint density at radius 3 is 3.11 bits per heavy atom. The number of hydrogen-bond acceptors (Lipinski definition) is 5. The fourth-order valence-electron chi connectivity index (χ4n) is 1.88. The summed E-state index contributed by atoms with van der Waals surface area (Å²) in [4.78, 5) is 13.8. The summed E-state index contributed by atoms with van der Waals surface area (Å²) in [6.45, 7) is 5.86. The normalized spacial score (nSPS) is 21.9. The smallest absolute Gasteiger partial charge is 0.244 e. The first kappa shape index (κ1) is 13.0. The molecule has 1 aromatic rings. The van der Waals surface area contributed by atoms with Crippen molar-refractivity contribution < 1.29 is 9.53 Å². The number of ether oxygens (including phenoxy) is 1. The number of amides is 1. The molecule has 1 amide bonds. The molecule has 1 aliphatic rings. The molecule has 0 radical (unpaired) electrons. The van der Waals surface area contributed by atoms with Crippen LogP contribution in [0.1, 0.15) is 25.6 Å². The van der Waals surface area contributed by atoms with E-state index in [4.69, 9.17) is 10.5 Å². The lowest BCUT2D eigenvalue weighted by atomic mass is 10.3. The van der Waals surface area contributed by atoms with Gasteiger partial charge in [-0.25, -0.2) is 4.68 Å². The Balaban J connectivity index is 1.93. The van der Waals surface area contributed by atoms with Crippen LogP contribution in [0.25, 0.3) is 0 Å². The molecule has 0 spiro atoms. The minimum atomic E-state index is -0.169. The number of morpholine rings is 1. The van der Waals surface area contributed by atoms with E-state index in [0.29, 0.717) is 25.4 Å². The van der Waals surface area contributed by atoms with Crippen molar-refractivity contribution >= 4 is 5.91 Å². The average molecular weight is 253 g/mol. The van der Waals surface area contributed by atoms with E-state index >= 15 is 0 Å². The van der Waals surface area contributed by atoms with Gasteiger partial charge in [-0.05, 0) is 13.8 Å². The third kappa shape index (κ3) is 3.05. The summed E-state index contributed by atoms with van der Waals surface area (Å²) in [5, 5.41) is 7.82. The quantitative estimate of drug-likeness (QED) is 0.788. The Morgan fingerprint density at radius 2 is 2.50 bits per heavy atom. The highest BCUT2D eigenvalue weighted by atomic mass is 16.5. The lowest BCUT2D eigenvalue weighted by Gasteiger charge is -2.31. The van der Waals surface area contributed by atoms with Crippen molar-refractivity contribution in [1.82, 2.24) is 19.9 Å². The molecule has 0 aliphatic carbocycles. The Hall–Kier alpha value is -1.47. The van der Waals surface area contributed by atoms with Gasteiger partial charge in [0.25, 0.3) is 0 Å². The molecule has 7 heteroatoms. The topological polar surface area (TPSA) is 86.3 Å². The molecule has 1 saturated heterocycles. The molecule has 100 valence electrons. The van der Waals surface area contributed by atoms with Crippen LogP contribution >= 0.6 is 0 Å². The number of nitrogens with zero attached hydrogens (tertiary/aromatic N) is 4. The largest absolute Gasteiger partial charge is 0.375 e. The highest BCUT2D eigenvalue weighted by Gasteiger charge is 2.21. The molecule has 0 bridgehead atoms. The summed E-state index contributed by atoms with van der Waals surface area (Å²) in [5.41, 5.74) is 6.38. The van der Waals surface area contributed by atoms with Crippen LogP contribution < -0.4 is 5.73 Å². The molecule has 18 heavy (non-hydrogen) atoms. The zero-order valence-electron chi connectivity index (χ0n) is 10.7. The van der Waals surface area contributed by atoms with Crippen molar-refractivity contribution in [2.45, 2.75) is 32.5 Å². The van der Waals surface area contributed by atoms with Crippen LogP contribution in [-0.2, 0) is 16.1 Å². The Morgan fingerprint density at radius 1 is 1.72 bits per heavy atom. The fourth-order valence-corrected chi connectivity index (χ4v) is 1.88. The first-order valence-electron chi connectivity index (χ1n) is 6.11. The van der Waals surface area contributed by atoms with Gasteiger partial charge < -0.3 is 15.4 Å². The Kier molecular flexibility index (Phi) is 3.93. The van der Waals surface area contributed by atoms with Gasteiger partial charge in [0.1, 0.15) is 6.54 Å². The number of aromatic nitrogens is 3. The summed E-state index contributed by atoms with van der Waals surface area (Å²) in [6, 6.07) is -0.169. The van der Waals surface area contributed by atoms with Crippen LogP contribution in [0.15, 0.2) is 6.20 Å². The highest BCUT2D eigenvalue weighted by molar-refractivity contribution is 5.76. The number of carbonyl (C=O) groups is 1. The standard InChI is InChI=1S/C11H19N5O2/c1-8-5-15(3-4-18-8)11(17)7-16-6-10(9(2)12)13-14-16/h6,8-9H,3-5,7,12H2,1-2H3. The molecule has 1 aromatic heterocycles. The summed E-state index contributed by atoms with van der Waals surface area (Å²) in [6.07, 6.45) is 1.81. The molecular weight excluding hydrogens is 234 g/mol. The van der Waals surface area contributed by atoms with E-state index < -0.39 is 0 Å². The average Bonchev–Trinajstić information content (AvgIpc) is 2.77. The van der Waals surface area contributed by atoms with Crippen molar-refractivity contribution in [2.75, 3.05) is 19.7 Å². The van der Waals surface area contributed by atoms with E-state index in [0.717, 1.165) is 0 Å². The van der Waals surface area contributed by atoms with E-state index in [1.165, 1.54) is 4.68 Å². The van der Waals surface area contributed by atoms with Gasteiger partial charge >= 0.3 is 0 Å². The molecule has 2 N–H and O–H groups in total. The number of carbonyl (C=O) groups excluding carboxylic acids is 1. The summed E-state index contributed by atoms with van der Waals surface area (Å²) < 4.78 is 6.93. The maximum absolute atomic E-state index is 12.0. The van der Waals surface area contributed by atoms with Gasteiger partial charge in [-0.3, -0.25) is 4.79 Å². The molecule has 1 aliphatic heterocycles. The molecule has 2 rings (SSSR count). The van der Waals surface area contributed by atoms with Gasteiger partial charge in [0.15, 0.2) is 0 Å². The molecule has 7 nitrogen and oxygen atoms in total. The predicted octanol–water partition coefficient (Wildman–Crippen LogP) is -0.455. The van der Waals surface area contributed by atoms with E-state index in [1.807, 2.05) is 13.8 Å². The van der Waals surface area contributed by atoms with Gasteiger partial charge in [0.05, 0.1) is 24.6 Å². The summed E-state index contributed by atoms with van der Waals surface area (Å²) >= 11 is 0. The number of hydrogen-bond donors (Lipinski definition) is 1. The minimum absolute atomic E-state index is 0.0336. The molecule has 2 atom stereocenters. The van der Waals surface area contributed by atoms with Crippen LogP contribution in [0.4, 0.5) is 0 Å². The molecule has 2 unspecified atom stereocenters. The van der Waals surface area contributed by atoms with Gasteiger partial charge in [0, 0.05) is 19.1 Å². The third-order valence-corrected chi connectivity index (χ3v) is 2.91. The van der Waals surface area contributed by atoms with Crippen LogP contribution in [0.5, 0.6) is 0 Å². The van der Waals surface area contributed by atoms with Gasteiger partial charge in [-0.1, -0.05) is 5.21 Å². The predicted molar refractivity (Wildman–Crippen MR) is 64.6 cm³/mol. The van der Waals surface area contributed by atoms with Crippen molar-refractivity contribution in [3.63, 3.8) is 0 Å².